The minimum atomic E-state index is -0.111. The predicted molar refractivity (Wildman–Crippen MR) is 76.3 cm³/mol. The van der Waals surface area contributed by atoms with Crippen LogP contribution in [0.5, 0.6) is 5.75 Å². The first-order chi connectivity index (χ1) is 9.84. The number of anilines is 1. The zero-order valence-electron chi connectivity index (χ0n) is 11.5. The lowest BCUT2D eigenvalue weighted by molar-refractivity contribution is 0.0903. The summed E-state index contributed by atoms with van der Waals surface area (Å²) in [7, 11) is 0. The van der Waals surface area contributed by atoms with Crippen molar-refractivity contribution in [3.05, 3.63) is 23.8 Å². The Morgan fingerprint density at radius 3 is 3.20 bits per heavy atom. The molecule has 1 heterocycles. The Morgan fingerprint density at radius 1 is 1.45 bits per heavy atom. The van der Waals surface area contributed by atoms with E-state index in [-0.39, 0.29) is 5.91 Å². The molecule has 1 amide bonds. The first kappa shape index (κ1) is 13.2. The second kappa shape index (κ2) is 6.13. The molecule has 1 saturated carbocycles. The Balaban J connectivity index is 1.51. The summed E-state index contributed by atoms with van der Waals surface area (Å²) < 4.78 is 11.1. The minimum absolute atomic E-state index is 0.111. The summed E-state index contributed by atoms with van der Waals surface area (Å²) in [5.41, 5.74) is 1.46. The number of hydrogen-bond acceptors (Lipinski definition) is 4. The van der Waals surface area contributed by atoms with Crippen molar-refractivity contribution >= 4 is 11.6 Å². The average molecular weight is 276 g/mol. The van der Waals surface area contributed by atoms with Crippen molar-refractivity contribution in [2.45, 2.75) is 12.8 Å². The second-order valence-corrected chi connectivity index (χ2v) is 5.23. The number of hydrogen-bond donors (Lipinski definition) is 2. The van der Waals surface area contributed by atoms with E-state index in [4.69, 9.17) is 9.47 Å². The summed E-state index contributed by atoms with van der Waals surface area (Å²) >= 11 is 0. The number of nitrogens with one attached hydrogen (secondary N) is 2. The van der Waals surface area contributed by atoms with Crippen molar-refractivity contribution < 1.29 is 14.3 Å². The highest BCUT2D eigenvalue weighted by atomic mass is 16.5. The van der Waals surface area contributed by atoms with Crippen molar-refractivity contribution in [3.8, 4) is 5.75 Å². The maximum atomic E-state index is 12.2. The van der Waals surface area contributed by atoms with Crippen LogP contribution in [0.15, 0.2) is 18.2 Å². The van der Waals surface area contributed by atoms with Crippen molar-refractivity contribution in [2.24, 2.45) is 5.92 Å². The van der Waals surface area contributed by atoms with E-state index in [1.165, 1.54) is 12.8 Å². The normalized spacial score (nSPS) is 16.8. The first-order valence-corrected chi connectivity index (χ1v) is 7.20. The molecule has 5 nitrogen and oxygen atoms in total. The SMILES string of the molecule is O=C(NCCOCC1CC1)c1cccc2c1OCCN2. The summed E-state index contributed by atoms with van der Waals surface area (Å²) in [6.07, 6.45) is 2.57. The Hall–Kier alpha value is -1.75. The molecule has 1 aliphatic heterocycles. The van der Waals surface area contributed by atoms with Gasteiger partial charge >= 0.3 is 0 Å². The van der Waals surface area contributed by atoms with Crippen LogP contribution in [0, 0.1) is 5.92 Å². The summed E-state index contributed by atoms with van der Waals surface area (Å²) in [6, 6.07) is 5.56. The zero-order valence-corrected chi connectivity index (χ0v) is 11.5. The largest absolute Gasteiger partial charge is 0.489 e. The maximum Gasteiger partial charge on any atom is 0.255 e. The van der Waals surface area contributed by atoms with E-state index in [0.29, 0.717) is 31.1 Å². The van der Waals surface area contributed by atoms with Gasteiger partial charge in [-0.05, 0) is 30.9 Å². The van der Waals surface area contributed by atoms with Gasteiger partial charge in [-0.3, -0.25) is 4.79 Å². The molecule has 1 aliphatic carbocycles. The van der Waals surface area contributed by atoms with Gasteiger partial charge in [0.1, 0.15) is 6.61 Å². The molecule has 1 fully saturated rings. The van der Waals surface area contributed by atoms with Gasteiger partial charge in [-0.2, -0.15) is 0 Å². The lowest BCUT2D eigenvalue weighted by atomic mass is 10.1. The second-order valence-electron chi connectivity index (χ2n) is 5.23. The number of rotatable bonds is 6. The molecule has 2 N–H and O–H groups in total. The van der Waals surface area contributed by atoms with Crippen LogP contribution in [0.25, 0.3) is 0 Å². The van der Waals surface area contributed by atoms with E-state index >= 15 is 0 Å². The monoisotopic (exact) mass is 276 g/mol. The molecule has 20 heavy (non-hydrogen) atoms. The Morgan fingerprint density at radius 2 is 2.35 bits per heavy atom. The highest BCUT2D eigenvalue weighted by molar-refractivity contribution is 5.98. The topological polar surface area (TPSA) is 59.6 Å². The fourth-order valence-electron chi connectivity index (χ4n) is 2.22. The molecular weight excluding hydrogens is 256 g/mol. The van der Waals surface area contributed by atoms with Gasteiger partial charge in [0.05, 0.1) is 17.9 Å². The smallest absolute Gasteiger partial charge is 0.255 e. The number of ether oxygens (including phenoxy) is 2. The van der Waals surface area contributed by atoms with Gasteiger partial charge in [-0.1, -0.05) is 6.07 Å². The van der Waals surface area contributed by atoms with Crippen LogP contribution in [-0.4, -0.2) is 38.8 Å². The van der Waals surface area contributed by atoms with Crippen LogP contribution >= 0.6 is 0 Å². The van der Waals surface area contributed by atoms with Gasteiger partial charge in [-0.15, -0.1) is 0 Å². The number of para-hydroxylation sites is 1. The van der Waals surface area contributed by atoms with Gasteiger partial charge in [0, 0.05) is 19.7 Å². The van der Waals surface area contributed by atoms with Crippen molar-refractivity contribution in [1.82, 2.24) is 5.32 Å². The molecule has 1 aromatic carbocycles. The Bertz CT molecular complexity index is 486. The summed E-state index contributed by atoms with van der Waals surface area (Å²) in [6.45, 7) is 3.28. The van der Waals surface area contributed by atoms with Crippen LogP contribution in [0.4, 0.5) is 5.69 Å². The van der Waals surface area contributed by atoms with E-state index in [9.17, 15) is 4.79 Å². The fraction of sp³-hybridized carbons (Fsp3) is 0.533. The Kier molecular flexibility index (Phi) is 4.06. The average Bonchev–Trinajstić information content (AvgIpc) is 3.30. The minimum Gasteiger partial charge on any atom is -0.489 e. The Labute approximate surface area is 118 Å². The van der Waals surface area contributed by atoms with Crippen LogP contribution in [0.2, 0.25) is 0 Å². The molecular formula is C15H20N2O3. The molecule has 0 spiro atoms. The predicted octanol–water partition coefficient (Wildman–Crippen LogP) is 1.65. The number of carbonyl (C=O) groups is 1. The molecule has 0 bridgehead atoms. The molecule has 0 saturated heterocycles. The van der Waals surface area contributed by atoms with Gasteiger partial charge < -0.3 is 20.1 Å². The first-order valence-electron chi connectivity index (χ1n) is 7.20. The number of benzene rings is 1. The third kappa shape index (κ3) is 3.22. The lowest BCUT2D eigenvalue weighted by Gasteiger charge is -2.21. The molecule has 1 aromatic rings. The molecule has 0 unspecified atom stereocenters. The third-order valence-corrected chi connectivity index (χ3v) is 3.51. The van der Waals surface area contributed by atoms with Gasteiger partial charge in [0.25, 0.3) is 5.91 Å². The van der Waals surface area contributed by atoms with E-state index in [0.717, 1.165) is 24.8 Å². The highest BCUT2D eigenvalue weighted by Crippen LogP contribution is 2.31. The van der Waals surface area contributed by atoms with Gasteiger partial charge in [-0.25, -0.2) is 0 Å². The summed E-state index contributed by atoms with van der Waals surface area (Å²) in [5, 5.41) is 6.10. The summed E-state index contributed by atoms with van der Waals surface area (Å²) in [5.74, 6) is 1.29. The van der Waals surface area contributed by atoms with Crippen LogP contribution in [0.1, 0.15) is 23.2 Å². The molecule has 108 valence electrons. The molecule has 2 aliphatic rings. The highest BCUT2D eigenvalue weighted by Gasteiger charge is 2.21. The van der Waals surface area contributed by atoms with Gasteiger partial charge in [0.15, 0.2) is 5.75 Å². The van der Waals surface area contributed by atoms with E-state index in [1.807, 2.05) is 12.1 Å². The van der Waals surface area contributed by atoms with E-state index in [1.54, 1.807) is 6.07 Å². The summed E-state index contributed by atoms with van der Waals surface area (Å²) in [4.78, 5) is 12.2. The van der Waals surface area contributed by atoms with E-state index in [2.05, 4.69) is 10.6 Å². The quantitative estimate of drug-likeness (QED) is 0.776. The molecule has 0 aromatic heterocycles. The van der Waals surface area contributed by atoms with Crippen molar-refractivity contribution in [1.29, 1.82) is 0 Å². The maximum absolute atomic E-state index is 12.2. The third-order valence-electron chi connectivity index (χ3n) is 3.51. The van der Waals surface area contributed by atoms with Crippen molar-refractivity contribution in [2.75, 3.05) is 38.2 Å². The standard InChI is InChI=1S/C15H20N2O3/c18-15(17-6-8-19-10-11-4-5-11)12-2-1-3-13-14(12)20-9-7-16-13/h1-3,11,16H,4-10H2,(H,17,18). The molecule has 0 radical (unpaired) electrons. The molecule has 0 atom stereocenters. The fourth-order valence-corrected chi connectivity index (χ4v) is 2.22. The number of carbonyl (C=O) groups excluding carboxylic acids is 1. The van der Waals surface area contributed by atoms with Crippen LogP contribution < -0.4 is 15.4 Å². The van der Waals surface area contributed by atoms with Crippen LogP contribution in [0.3, 0.4) is 0 Å². The number of amides is 1. The lowest BCUT2D eigenvalue weighted by Crippen LogP contribution is -2.29. The molecule has 3 rings (SSSR count). The zero-order chi connectivity index (χ0) is 13.8. The van der Waals surface area contributed by atoms with Crippen LogP contribution in [-0.2, 0) is 4.74 Å². The van der Waals surface area contributed by atoms with Gasteiger partial charge in [0.2, 0.25) is 0 Å². The molecule has 5 heteroatoms. The van der Waals surface area contributed by atoms with E-state index < -0.39 is 0 Å². The van der Waals surface area contributed by atoms with Crippen molar-refractivity contribution in [3.63, 3.8) is 0 Å². The number of fused-ring (bicyclic) bond motifs is 1.